The molecule has 2 atom stereocenters. The van der Waals surface area contributed by atoms with Crippen LogP contribution in [0.4, 0.5) is 0 Å². The highest BCUT2D eigenvalue weighted by molar-refractivity contribution is 5.03. The number of nitrogens with one attached hydrogen (secondary N) is 1. The fourth-order valence-electron chi connectivity index (χ4n) is 1.53. The molecule has 2 aliphatic rings. The predicted octanol–water partition coefficient (Wildman–Crippen LogP) is 0.0783. The van der Waals surface area contributed by atoms with Gasteiger partial charge in [-0.1, -0.05) is 0 Å². The van der Waals surface area contributed by atoms with Gasteiger partial charge in [0.2, 0.25) is 0 Å². The van der Waals surface area contributed by atoms with Crippen molar-refractivity contribution < 1.29 is 5.11 Å². The molecule has 46 valence electrons. The van der Waals surface area contributed by atoms with E-state index in [4.69, 9.17) is 0 Å². The highest BCUT2D eigenvalue weighted by atomic mass is 16.3. The Balaban J connectivity index is 2.04. The summed E-state index contributed by atoms with van der Waals surface area (Å²) in [5, 5.41) is 12.4. The molecule has 1 saturated carbocycles. The van der Waals surface area contributed by atoms with E-state index in [0.29, 0.717) is 5.92 Å². The smallest absolute Gasteiger partial charge is 0.119 e. The molecule has 1 heterocycles. The Morgan fingerprint density at radius 3 is 3.00 bits per heavy atom. The van der Waals surface area contributed by atoms with Gasteiger partial charge in [0.05, 0.1) is 0 Å². The highest BCUT2D eigenvalue weighted by Crippen LogP contribution is 2.46. The van der Waals surface area contributed by atoms with Crippen LogP contribution in [0.15, 0.2) is 0 Å². The van der Waals surface area contributed by atoms with Crippen LogP contribution in [0.3, 0.4) is 0 Å². The molecule has 8 heavy (non-hydrogen) atoms. The van der Waals surface area contributed by atoms with Gasteiger partial charge >= 0.3 is 0 Å². The largest absolute Gasteiger partial charge is 0.376 e. The zero-order valence-electron chi connectivity index (χ0n) is 4.85. The summed E-state index contributed by atoms with van der Waals surface area (Å²) < 4.78 is 0. The molecule has 0 aromatic rings. The lowest BCUT2D eigenvalue weighted by Gasteiger charge is -2.17. The molecule has 2 fully saturated rings. The van der Waals surface area contributed by atoms with Gasteiger partial charge in [0.1, 0.15) is 5.72 Å². The Hall–Kier alpha value is -0.0800. The van der Waals surface area contributed by atoms with Crippen molar-refractivity contribution in [3.8, 4) is 0 Å². The molecule has 1 saturated heterocycles. The van der Waals surface area contributed by atoms with Crippen molar-refractivity contribution >= 4 is 0 Å². The Kier molecular flexibility index (Phi) is 0.746. The van der Waals surface area contributed by atoms with Crippen LogP contribution < -0.4 is 5.32 Å². The summed E-state index contributed by atoms with van der Waals surface area (Å²) in [5.41, 5.74) is -0.405. The lowest BCUT2D eigenvalue weighted by Crippen LogP contribution is -2.36. The van der Waals surface area contributed by atoms with E-state index < -0.39 is 5.72 Å². The number of aliphatic hydroxyl groups is 1. The maximum Gasteiger partial charge on any atom is 0.119 e. The first-order valence-electron chi connectivity index (χ1n) is 3.29. The number of fused-ring (bicyclic) bond motifs is 1. The SMILES string of the molecule is OC12CC1CCCN2. The molecule has 0 bridgehead atoms. The van der Waals surface area contributed by atoms with E-state index in [0.717, 1.165) is 13.0 Å². The zero-order chi connectivity index (χ0) is 5.61. The van der Waals surface area contributed by atoms with Crippen molar-refractivity contribution in [3.63, 3.8) is 0 Å². The minimum Gasteiger partial charge on any atom is -0.376 e. The Labute approximate surface area is 48.9 Å². The minimum atomic E-state index is -0.405. The fourth-order valence-corrected chi connectivity index (χ4v) is 1.53. The molecule has 2 N–H and O–H groups in total. The Bertz CT molecular complexity index is 113. The quantitative estimate of drug-likeness (QED) is 0.466. The maximum absolute atomic E-state index is 9.34. The van der Waals surface area contributed by atoms with E-state index in [1.807, 2.05) is 0 Å². The topological polar surface area (TPSA) is 32.3 Å². The van der Waals surface area contributed by atoms with Crippen LogP contribution in [0.1, 0.15) is 19.3 Å². The van der Waals surface area contributed by atoms with Crippen molar-refractivity contribution in [2.45, 2.75) is 25.0 Å². The molecular formula is C6H11NO. The van der Waals surface area contributed by atoms with Crippen LogP contribution in [0.5, 0.6) is 0 Å². The van der Waals surface area contributed by atoms with Crippen molar-refractivity contribution in [2.24, 2.45) is 5.92 Å². The average Bonchev–Trinajstić information content (AvgIpc) is 2.39. The van der Waals surface area contributed by atoms with Crippen LogP contribution in [0.2, 0.25) is 0 Å². The molecule has 0 amide bonds. The van der Waals surface area contributed by atoms with E-state index in [9.17, 15) is 5.11 Å². The first-order valence-corrected chi connectivity index (χ1v) is 3.29. The van der Waals surface area contributed by atoms with Crippen molar-refractivity contribution in [2.75, 3.05) is 6.54 Å². The molecule has 0 radical (unpaired) electrons. The van der Waals surface area contributed by atoms with Crippen LogP contribution in [-0.4, -0.2) is 17.4 Å². The summed E-state index contributed by atoms with van der Waals surface area (Å²) >= 11 is 0. The van der Waals surface area contributed by atoms with Crippen molar-refractivity contribution in [1.29, 1.82) is 0 Å². The molecule has 2 rings (SSSR count). The lowest BCUT2D eigenvalue weighted by atomic mass is 10.1. The summed E-state index contributed by atoms with van der Waals surface area (Å²) in [6.07, 6.45) is 3.46. The number of hydrogen-bond donors (Lipinski definition) is 2. The summed E-state index contributed by atoms with van der Waals surface area (Å²) in [6.45, 7) is 1.01. The lowest BCUT2D eigenvalue weighted by molar-refractivity contribution is 0.0779. The normalized spacial score (nSPS) is 52.9. The second-order valence-corrected chi connectivity index (χ2v) is 2.89. The van der Waals surface area contributed by atoms with E-state index in [1.165, 1.54) is 12.8 Å². The molecule has 2 heteroatoms. The first kappa shape index (κ1) is 4.77. The van der Waals surface area contributed by atoms with Gasteiger partial charge in [-0.05, 0) is 25.8 Å². The molecule has 0 aromatic heterocycles. The van der Waals surface area contributed by atoms with E-state index in [1.54, 1.807) is 0 Å². The van der Waals surface area contributed by atoms with Crippen LogP contribution in [0.25, 0.3) is 0 Å². The molecule has 2 nitrogen and oxygen atoms in total. The summed E-state index contributed by atoms with van der Waals surface area (Å²) in [6, 6.07) is 0. The van der Waals surface area contributed by atoms with Gasteiger partial charge in [-0.25, -0.2) is 0 Å². The molecule has 2 unspecified atom stereocenters. The van der Waals surface area contributed by atoms with E-state index in [-0.39, 0.29) is 0 Å². The fraction of sp³-hybridized carbons (Fsp3) is 1.00. The van der Waals surface area contributed by atoms with Crippen molar-refractivity contribution in [1.82, 2.24) is 5.32 Å². The second-order valence-electron chi connectivity index (χ2n) is 2.89. The molecule has 1 aliphatic heterocycles. The monoisotopic (exact) mass is 113 g/mol. The maximum atomic E-state index is 9.34. The molecule has 0 aromatic carbocycles. The summed E-state index contributed by atoms with van der Waals surface area (Å²) in [7, 11) is 0. The average molecular weight is 113 g/mol. The van der Waals surface area contributed by atoms with Gasteiger partial charge in [0, 0.05) is 5.92 Å². The number of rotatable bonds is 0. The Morgan fingerprint density at radius 2 is 2.50 bits per heavy atom. The third kappa shape index (κ3) is 0.501. The van der Waals surface area contributed by atoms with Crippen LogP contribution >= 0.6 is 0 Å². The highest BCUT2D eigenvalue weighted by Gasteiger charge is 2.53. The predicted molar refractivity (Wildman–Crippen MR) is 30.3 cm³/mol. The minimum absolute atomic E-state index is 0.405. The van der Waals surface area contributed by atoms with Gasteiger partial charge in [-0.2, -0.15) is 0 Å². The number of hydrogen-bond acceptors (Lipinski definition) is 2. The van der Waals surface area contributed by atoms with Gasteiger partial charge in [-0.3, -0.25) is 5.32 Å². The van der Waals surface area contributed by atoms with Crippen molar-refractivity contribution in [3.05, 3.63) is 0 Å². The second kappa shape index (κ2) is 1.25. The standard InChI is InChI=1S/C6H11NO/c8-6-4-5(6)2-1-3-7-6/h5,7-8H,1-4H2. The van der Waals surface area contributed by atoms with Gasteiger partial charge in [-0.15, -0.1) is 0 Å². The molecular weight excluding hydrogens is 102 g/mol. The zero-order valence-corrected chi connectivity index (χ0v) is 4.85. The van der Waals surface area contributed by atoms with Gasteiger partial charge < -0.3 is 5.11 Å². The van der Waals surface area contributed by atoms with Gasteiger partial charge in [0.25, 0.3) is 0 Å². The third-order valence-electron chi connectivity index (χ3n) is 2.23. The number of piperidine rings is 1. The summed E-state index contributed by atoms with van der Waals surface area (Å²) in [5.74, 6) is 0.594. The van der Waals surface area contributed by atoms with Crippen LogP contribution in [-0.2, 0) is 0 Å². The Morgan fingerprint density at radius 1 is 1.62 bits per heavy atom. The van der Waals surface area contributed by atoms with Gasteiger partial charge in [0.15, 0.2) is 0 Å². The summed E-state index contributed by atoms with van der Waals surface area (Å²) in [4.78, 5) is 0. The third-order valence-corrected chi connectivity index (χ3v) is 2.23. The van der Waals surface area contributed by atoms with E-state index in [2.05, 4.69) is 5.32 Å². The van der Waals surface area contributed by atoms with E-state index >= 15 is 0 Å². The first-order chi connectivity index (χ1) is 3.81. The molecule has 1 aliphatic carbocycles. The molecule has 0 spiro atoms. The van der Waals surface area contributed by atoms with Crippen LogP contribution in [0, 0.1) is 5.92 Å².